The fourth-order valence-electron chi connectivity index (χ4n) is 2.34. The van der Waals surface area contributed by atoms with E-state index in [1.54, 1.807) is 10.7 Å². The molecule has 4 nitrogen and oxygen atoms in total. The SMILES string of the molecule is CC(C)Oc1cc(CCCO)n(Cc2ccc(C(F)(F)F)cc2Cl)n1. The minimum Gasteiger partial charge on any atom is -0.474 e. The van der Waals surface area contributed by atoms with Gasteiger partial charge < -0.3 is 9.84 Å². The molecule has 0 bridgehead atoms. The summed E-state index contributed by atoms with van der Waals surface area (Å²) in [7, 11) is 0. The summed E-state index contributed by atoms with van der Waals surface area (Å²) in [5, 5.41) is 13.4. The molecule has 2 rings (SSSR count). The number of hydrogen-bond acceptors (Lipinski definition) is 3. The second-order valence-corrected chi connectivity index (χ2v) is 6.34. The van der Waals surface area contributed by atoms with Gasteiger partial charge in [0.2, 0.25) is 5.88 Å². The van der Waals surface area contributed by atoms with Crippen molar-refractivity contribution < 1.29 is 23.0 Å². The number of alkyl halides is 3. The van der Waals surface area contributed by atoms with Gasteiger partial charge in [0.25, 0.3) is 0 Å². The molecular formula is C17H20ClF3N2O2. The summed E-state index contributed by atoms with van der Waals surface area (Å²) in [6.45, 7) is 4.00. The van der Waals surface area contributed by atoms with Crippen molar-refractivity contribution in [3.8, 4) is 5.88 Å². The van der Waals surface area contributed by atoms with E-state index >= 15 is 0 Å². The molecule has 2 aromatic rings. The lowest BCUT2D eigenvalue weighted by Gasteiger charge is -2.11. The van der Waals surface area contributed by atoms with Gasteiger partial charge in [0.15, 0.2) is 0 Å². The van der Waals surface area contributed by atoms with E-state index in [1.807, 2.05) is 13.8 Å². The molecule has 0 aliphatic carbocycles. The summed E-state index contributed by atoms with van der Waals surface area (Å²) < 4.78 is 45.4. The predicted molar refractivity (Wildman–Crippen MR) is 89.0 cm³/mol. The molecule has 1 heterocycles. The number of aryl methyl sites for hydroxylation is 1. The molecular weight excluding hydrogens is 357 g/mol. The van der Waals surface area contributed by atoms with E-state index in [1.165, 1.54) is 6.07 Å². The second-order valence-electron chi connectivity index (χ2n) is 5.93. The van der Waals surface area contributed by atoms with Gasteiger partial charge in [-0.1, -0.05) is 17.7 Å². The van der Waals surface area contributed by atoms with Crippen LogP contribution in [0, 0.1) is 0 Å². The Morgan fingerprint density at radius 3 is 2.56 bits per heavy atom. The van der Waals surface area contributed by atoms with Crippen molar-refractivity contribution in [2.24, 2.45) is 0 Å². The summed E-state index contributed by atoms with van der Waals surface area (Å²) in [5.74, 6) is 0.436. The summed E-state index contributed by atoms with van der Waals surface area (Å²) in [6.07, 6.45) is -3.36. The van der Waals surface area contributed by atoms with Crippen molar-refractivity contribution in [2.45, 2.75) is 45.5 Å². The molecule has 0 spiro atoms. The molecule has 0 amide bonds. The molecule has 8 heteroatoms. The molecule has 0 radical (unpaired) electrons. The third-order valence-electron chi connectivity index (χ3n) is 3.49. The van der Waals surface area contributed by atoms with Crippen LogP contribution in [-0.4, -0.2) is 27.6 Å². The molecule has 1 N–H and O–H groups in total. The number of hydrogen-bond donors (Lipinski definition) is 1. The molecule has 0 atom stereocenters. The Morgan fingerprint density at radius 1 is 1.28 bits per heavy atom. The topological polar surface area (TPSA) is 47.3 Å². The van der Waals surface area contributed by atoms with Gasteiger partial charge in [-0.15, -0.1) is 5.10 Å². The Morgan fingerprint density at radius 2 is 2.00 bits per heavy atom. The monoisotopic (exact) mass is 376 g/mol. The van der Waals surface area contributed by atoms with Crippen LogP contribution >= 0.6 is 11.6 Å². The number of halogens is 4. The molecule has 138 valence electrons. The van der Waals surface area contributed by atoms with Crippen molar-refractivity contribution in [2.75, 3.05) is 6.61 Å². The minimum atomic E-state index is -4.43. The highest BCUT2D eigenvalue weighted by Crippen LogP contribution is 2.32. The summed E-state index contributed by atoms with van der Waals surface area (Å²) >= 11 is 6.02. The Balaban J connectivity index is 2.27. The molecule has 0 saturated heterocycles. The Bertz CT molecular complexity index is 714. The summed E-state index contributed by atoms with van der Waals surface area (Å²) in [5.41, 5.74) is 0.561. The van der Waals surface area contributed by atoms with E-state index in [2.05, 4.69) is 5.10 Å². The van der Waals surface area contributed by atoms with Crippen LogP contribution in [0.15, 0.2) is 24.3 Å². The zero-order valence-electron chi connectivity index (χ0n) is 14.0. The zero-order chi connectivity index (χ0) is 18.6. The number of aromatic nitrogens is 2. The highest BCUT2D eigenvalue weighted by Gasteiger charge is 2.30. The van der Waals surface area contributed by atoms with Crippen LogP contribution in [0.1, 0.15) is 37.1 Å². The van der Waals surface area contributed by atoms with Crippen molar-refractivity contribution in [3.05, 3.63) is 46.1 Å². The number of aliphatic hydroxyl groups excluding tert-OH is 1. The van der Waals surface area contributed by atoms with E-state index in [0.29, 0.717) is 24.3 Å². The van der Waals surface area contributed by atoms with Gasteiger partial charge in [-0.3, -0.25) is 4.68 Å². The van der Waals surface area contributed by atoms with Crippen molar-refractivity contribution in [1.29, 1.82) is 0 Å². The number of aliphatic hydroxyl groups is 1. The Hall–Kier alpha value is -1.73. The first-order valence-electron chi connectivity index (χ1n) is 7.90. The molecule has 25 heavy (non-hydrogen) atoms. The third-order valence-corrected chi connectivity index (χ3v) is 3.84. The Kier molecular flexibility index (Phi) is 6.35. The lowest BCUT2D eigenvalue weighted by atomic mass is 10.1. The molecule has 0 aliphatic rings. The molecule has 0 fully saturated rings. The van der Waals surface area contributed by atoms with Crippen LogP contribution < -0.4 is 4.74 Å². The molecule has 1 aromatic heterocycles. The fourth-order valence-corrected chi connectivity index (χ4v) is 2.58. The van der Waals surface area contributed by atoms with Crippen LogP contribution in [0.5, 0.6) is 5.88 Å². The highest BCUT2D eigenvalue weighted by molar-refractivity contribution is 6.31. The molecule has 0 unspecified atom stereocenters. The lowest BCUT2D eigenvalue weighted by Crippen LogP contribution is -2.10. The van der Waals surface area contributed by atoms with E-state index in [0.717, 1.165) is 17.8 Å². The number of ether oxygens (including phenoxy) is 1. The number of rotatable bonds is 7. The highest BCUT2D eigenvalue weighted by atomic mass is 35.5. The predicted octanol–water partition coefficient (Wildman–Crippen LogP) is 4.32. The van der Waals surface area contributed by atoms with Crippen molar-refractivity contribution >= 4 is 11.6 Å². The summed E-state index contributed by atoms with van der Waals surface area (Å²) in [4.78, 5) is 0. The van der Waals surface area contributed by atoms with Crippen LogP contribution in [0.4, 0.5) is 13.2 Å². The van der Waals surface area contributed by atoms with Gasteiger partial charge in [-0.2, -0.15) is 13.2 Å². The zero-order valence-corrected chi connectivity index (χ0v) is 14.7. The molecule has 0 aliphatic heterocycles. The smallest absolute Gasteiger partial charge is 0.416 e. The normalized spacial score (nSPS) is 12.0. The van der Waals surface area contributed by atoms with Gasteiger partial charge in [0.05, 0.1) is 18.2 Å². The van der Waals surface area contributed by atoms with Crippen LogP contribution in [0.25, 0.3) is 0 Å². The first kappa shape index (κ1) is 19.6. The molecule has 0 saturated carbocycles. The third kappa shape index (κ3) is 5.37. The first-order valence-corrected chi connectivity index (χ1v) is 8.28. The maximum atomic E-state index is 12.7. The second kappa shape index (κ2) is 8.10. The summed E-state index contributed by atoms with van der Waals surface area (Å²) in [6, 6.07) is 5.04. The van der Waals surface area contributed by atoms with Gasteiger partial charge >= 0.3 is 6.18 Å². The van der Waals surface area contributed by atoms with Crippen LogP contribution in [-0.2, 0) is 19.1 Å². The average molecular weight is 377 g/mol. The van der Waals surface area contributed by atoms with Crippen LogP contribution in [0.3, 0.4) is 0 Å². The maximum absolute atomic E-state index is 12.7. The Labute approximate surface area is 149 Å². The quantitative estimate of drug-likeness (QED) is 0.783. The van der Waals surface area contributed by atoms with E-state index in [9.17, 15) is 13.2 Å². The van der Waals surface area contributed by atoms with Crippen molar-refractivity contribution in [3.63, 3.8) is 0 Å². The van der Waals surface area contributed by atoms with E-state index in [4.69, 9.17) is 21.4 Å². The van der Waals surface area contributed by atoms with Crippen molar-refractivity contribution in [1.82, 2.24) is 9.78 Å². The fraction of sp³-hybridized carbons (Fsp3) is 0.471. The largest absolute Gasteiger partial charge is 0.474 e. The lowest BCUT2D eigenvalue weighted by molar-refractivity contribution is -0.137. The van der Waals surface area contributed by atoms with Gasteiger partial charge in [0.1, 0.15) is 0 Å². The van der Waals surface area contributed by atoms with Gasteiger partial charge in [-0.25, -0.2) is 0 Å². The van der Waals surface area contributed by atoms with E-state index in [-0.39, 0.29) is 24.3 Å². The standard InChI is InChI=1S/C17H20ClF3N2O2/c1-11(2)25-16-9-14(4-3-7-24)23(22-16)10-12-5-6-13(8-15(12)18)17(19,20)21/h5-6,8-9,11,24H,3-4,7,10H2,1-2H3. The van der Waals surface area contributed by atoms with E-state index < -0.39 is 11.7 Å². The van der Waals surface area contributed by atoms with Gasteiger partial charge in [0, 0.05) is 23.4 Å². The number of nitrogens with zero attached hydrogens (tertiary/aromatic N) is 2. The van der Waals surface area contributed by atoms with Crippen LogP contribution in [0.2, 0.25) is 5.02 Å². The average Bonchev–Trinajstić information content (AvgIpc) is 2.86. The minimum absolute atomic E-state index is 0.0322. The number of benzene rings is 1. The first-order chi connectivity index (χ1) is 11.7. The maximum Gasteiger partial charge on any atom is 0.416 e. The molecule has 1 aromatic carbocycles. The van der Waals surface area contributed by atoms with Gasteiger partial charge in [-0.05, 0) is 44.4 Å².